The molecule has 0 saturated heterocycles. The summed E-state index contributed by atoms with van der Waals surface area (Å²) in [5.74, 6) is 0. The third kappa shape index (κ3) is 5.37. The molecule has 0 atom stereocenters. The molecule has 0 spiro atoms. The number of benzene rings is 11. The van der Waals surface area contributed by atoms with Gasteiger partial charge in [-0.1, -0.05) is 210 Å². The molecule has 0 bridgehead atoms. The van der Waals surface area contributed by atoms with E-state index in [1.807, 2.05) is 23.5 Å². The molecule has 1 nitrogen and oxygen atoms in total. The van der Waals surface area contributed by atoms with Gasteiger partial charge in [0, 0.05) is 36.0 Å². The molecule has 11 aromatic carbocycles. The van der Waals surface area contributed by atoms with Crippen molar-refractivity contribution in [1.82, 2.24) is 4.57 Å². The Bertz CT molecular complexity index is 3810. The fourth-order valence-electron chi connectivity index (χ4n) is 11.0. The van der Waals surface area contributed by atoms with Gasteiger partial charge in [0.1, 0.15) is 0 Å². The summed E-state index contributed by atoms with van der Waals surface area (Å²) in [7, 11) is 0. The minimum atomic E-state index is 0.160. The van der Waals surface area contributed by atoms with Crippen LogP contribution in [0.5, 0.6) is 0 Å². The largest absolute Gasteiger partial charge is 0.309 e. The Labute approximate surface area is 380 Å². The van der Waals surface area contributed by atoms with E-state index >= 15 is 0 Å². The molecule has 3 heterocycles. The maximum atomic E-state index is 2.51. The highest BCUT2D eigenvalue weighted by Crippen LogP contribution is 2.48. The fraction of sp³-hybridized carbons (Fsp3) is 0. The van der Waals surface area contributed by atoms with Gasteiger partial charge in [0.15, 0.2) is 0 Å². The van der Waals surface area contributed by atoms with Crippen LogP contribution in [0.3, 0.4) is 0 Å². The Hall–Kier alpha value is -7.24. The van der Waals surface area contributed by atoms with Crippen LogP contribution in [0, 0.1) is 0 Å². The van der Waals surface area contributed by atoms with Crippen molar-refractivity contribution in [1.29, 1.82) is 0 Å². The summed E-state index contributed by atoms with van der Waals surface area (Å²) >= 11 is 3.87. The van der Waals surface area contributed by atoms with E-state index in [1.54, 1.807) is 0 Å². The molecular weight excluding hydrogens is 810 g/mol. The number of aromatic nitrogens is 1. The maximum absolute atomic E-state index is 2.51. The molecular formula is C60H36BNS2. The number of hydrogen-bond acceptors (Lipinski definition) is 2. The van der Waals surface area contributed by atoms with Crippen LogP contribution < -0.4 is 16.4 Å². The van der Waals surface area contributed by atoms with E-state index in [4.69, 9.17) is 0 Å². The molecule has 4 heteroatoms. The van der Waals surface area contributed by atoms with E-state index in [-0.39, 0.29) is 6.71 Å². The Morgan fingerprint density at radius 2 is 0.828 bits per heavy atom. The summed E-state index contributed by atoms with van der Waals surface area (Å²) in [6.45, 7) is 0.160. The lowest BCUT2D eigenvalue weighted by Gasteiger charge is -2.33. The Kier molecular flexibility index (Phi) is 8.01. The third-order valence-electron chi connectivity index (χ3n) is 13.7. The van der Waals surface area contributed by atoms with Gasteiger partial charge in [-0.2, -0.15) is 0 Å². The first-order valence-electron chi connectivity index (χ1n) is 22.0. The van der Waals surface area contributed by atoms with Gasteiger partial charge >= 0.3 is 0 Å². The van der Waals surface area contributed by atoms with Crippen LogP contribution in [0.25, 0.3) is 93.2 Å². The smallest absolute Gasteiger partial charge is 0.247 e. The van der Waals surface area contributed by atoms with Crippen LogP contribution in [0.15, 0.2) is 238 Å². The van der Waals surface area contributed by atoms with Crippen LogP contribution >= 0.6 is 23.5 Å². The zero-order valence-electron chi connectivity index (χ0n) is 34.6. The van der Waals surface area contributed by atoms with Crippen LogP contribution in [-0.4, -0.2) is 11.3 Å². The van der Waals surface area contributed by atoms with Gasteiger partial charge in [-0.25, -0.2) is 0 Å². The minimum absolute atomic E-state index is 0.160. The first-order chi connectivity index (χ1) is 31.7. The van der Waals surface area contributed by atoms with Crippen LogP contribution in [-0.2, 0) is 0 Å². The molecule has 14 rings (SSSR count). The van der Waals surface area contributed by atoms with Crippen molar-refractivity contribution in [3.63, 3.8) is 0 Å². The molecule has 0 aliphatic carbocycles. The molecule has 0 unspecified atom stereocenters. The highest BCUT2D eigenvalue weighted by atomic mass is 32.2. The van der Waals surface area contributed by atoms with Crippen LogP contribution in [0.1, 0.15) is 0 Å². The first-order valence-corrected chi connectivity index (χ1v) is 23.7. The molecule has 1 aromatic heterocycles. The molecule has 64 heavy (non-hydrogen) atoms. The molecule has 12 aromatic rings. The molecule has 2 aliphatic heterocycles. The van der Waals surface area contributed by atoms with E-state index in [0.29, 0.717) is 0 Å². The number of nitrogens with zero attached hydrogens (tertiary/aromatic N) is 1. The van der Waals surface area contributed by atoms with Crippen molar-refractivity contribution in [2.75, 3.05) is 0 Å². The zero-order chi connectivity index (χ0) is 41.9. The number of fused-ring (bicyclic) bond motifs is 10. The number of rotatable bonds is 4. The summed E-state index contributed by atoms with van der Waals surface area (Å²) in [5, 5.41) is 10.2. The Balaban J connectivity index is 0.953. The summed E-state index contributed by atoms with van der Waals surface area (Å²) in [6.07, 6.45) is 0. The molecule has 0 saturated carbocycles. The van der Waals surface area contributed by atoms with E-state index in [2.05, 4.69) is 223 Å². The zero-order valence-corrected chi connectivity index (χ0v) is 36.3. The lowest BCUT2D eigenvalue weighted by Crippen LogP contribution is -2.58. The highest BCUT2D eigenvalue weighted by molar-refractivity contribution is 8.01. The molecule has 0 N–H and O–H groups in total. The monoisotopic (exact) mass is 845 g/mol. The second kappa shape index (κ2) is 14.1. The standard InChI is InChI=1S/C60H36BNS2/c1-2-16-42-37(14-1)15-13-23-43(42)38-28-30-39(31-29-38)58-46-19-3-5-21-48(46)59(49-22-6-4-20-47(49)58)40-34-56-60-57(35-40)64-55-36-41(32-33-51(55)61(60)50-24-9-12-27-54(50)63-56)62-52-25-10-7-17-44(52)45-18-8-11-26-53(45)62/h1-36H. The average Bonchev–Trinajstić information content (AvgIpc) is 3.69. The van der Waals surface area contributed by atoms with Crippen molar-refractivity contribution >= 4 is 101 Å². The van der Waals surface area contributed by atoms with Crippen molar-refractivity contribution in [3.8, 4) is 39.1 Å². The summed E-state index contributed by atoms with van der Waals surface area (Å²) in [4.78, 5) is 5.35. The van der Waals surface area contributed by atoms with E-state index < -0.39 is 0 Å². The average molecular weight is 846 g/mol. The summed E-state index contributed by atoms with van der Waals surface area (Å²) < 4.78 is 2.45. The third-order valence-corrected chi connectivity index (χ3v) is 16.0. The predicted molar refractivity (Wildman–Crippen MR) is 275 cm³/mol. The highest BCUT2D eigenvalue weighted by Gasteiger charge is 2.38. The van der Waals surface area contributed by atoms with Gasteiger partial charge in [0.2, 0.25) is 6.71 Å². The SMILES string of the molecule is c1ccc2c(c1)Sc1cc(-c3c4ccccc4c(-c4ccc(-c5cccc6ccccc56)cc4)c4ccccc34)cc3c1B2c1ccc(-n2c4ccccc4c4ccccc42)cc1S3. The molecule has 0 radical (unpaired) electrons. The van der Waals surface area contributed by atoms with Gasteiger partial charge in [-0.3, -0.25) is 0 Å². The van der Waals surface area contributed by atoms with Crippen LogP contribution in [0.2, 0.25) is 0 Å². The molecule has 2 aliphatic rings. The van der Waals surface area contributed by atoms with Gasteiger partial charge in [-0.05, 0) is 114 Å². The second-order valence-electron chi connectivity index (χ2n) is 17.1. The number of para-hydroxylation sites is 2. The predicted octanol–water partition coefficient (Wildman–Crippen LogP) is 14.7. The minimum Gasteiger partial charge on any atom is -0.309 e. The van der Waals surface area contributed by atoms with Crippen molar-refractivity contribution in [2.24, 2.45) is 0 Å². The lowest BCUT2D eigenvalue weighted by molar-refractivity contribution is 1.16. The van der Waals surface area contributed by atoms with Crippen molar-refractivity contribution in [2.45, 2.75) is 19.6 Å². The molecule has 296 valence electrons. The summed E-state index contributed by atoms with van der Waals surface area (Å²) in [6, 6.07) is 81.6. The summed E-state index contributed by atoms with van der Waals surface area (Å²) in [5.41, 5.74) is 15.4. The van der Waals surface area contributed by atoms with Gasteiger partial charge in [0.05, 0.1) is 11.0 Å². The lowest BCUT2D eigenvalue weighted by atomic mass is 9.36. The van der Waals surface area contributed by atoms with E-state index in [0.717, 1.165) is 0 Å². The van der Waals surface area contributed by atoms with Crippen molar-refractivity contribution < 1.29 is 0 Å². The normalized spacial score (nSPS) is 12.8. The second-order valence-corrected chi connectivity index (χ2v) is 19.3. The molecule has 0 amide bonds. The van der Waals surface area contributed by atoms with Gasteiger partial charge in [0.25, 0.3) is 0 Å². The van der Waals surface area contributed by atoms with Gasteiger partial charge in [-0.15, -0.1) is 0 Å². The molecule has 0 fully saturated rings. The van der Waals surface area contributed by atoms with Crippen molar-refractivity contribution in [3.05, 3.63) is 218 Å². The number of hydrogen-bond donors (Lipinski definition) is 0. The van der Waals surface area contributed by atoms with Crippen LogP contribution in [0.4, 0.5) is 0 Å². The quantitative estimate of drug-likeness (QED) is 0.128. The topological polar surface area (TPSA) is 4.93 Å². The van der Waals surface area contributed by atoms with E-state index in [9.17, 15) is 0 Å². The fourth-order valence-corrected chi connectivity index (χ4v) is 13.5. The first kappa shape index (κ1) is 36.3. The maximum Gasteiger partial charge on any atom is 0.247 e. The van der Waals surface area contributed by atoms with E-state index in [1.165, 1.54) is 129 Å². The van der Waals surface area contributed by atoms with Gasteiger partial charge < -0.3 is 4.57 Å². The Morgan fingerprint density at radius 1 is 0.328 bits per heavy atom. The Morgan fingerprint density at radius 3 is 1.50 bits per heavy atom.